The molecule has 0 radical (unpaired) electrons. The average Bonchev–Trinajstić information content (AvgIpc) is 3.72. The van der Waals surface area contributed by atoms with Gasteiger partial charge in [0.15, 0.2) is 28.9 Å². The molecule has 8 N–H and O–H groups in total. The van der Waals surface area contributed by atoms with Crippen LogP contribution in [0.25, 0.3) is 22.3 Å². The molecule has 4 aromatic heterocycles. The number of hydrogen-bond acceptors (Lipinski definition) is 16. The number of aliphatic hydroxyl groups is 1. The van der Waals surface area contributed by atoms with Crippen LogP contribution in [0, 0.1) is 0 Å². The maximum absolute atomic E-state index is 13.4. The van der Waals surface area contributed by atoms with Crippen LogP contribution in [0.1, 0.15) is 25.3 Å². The van der Waals surface area contributed by atoms with Crippen molar-refractivity contribution in [3.63, 3.8) is 0 Å². The van der Waals surface area contributed by atoms with Crippen molar-refractivity contribution in [1.29, 1.82) is 0 Å². The van der Waals surface area contributed by atoms with E-state index in [2.05, 4.69) is 29.9 Å². The molecular weight excluding hydrogens is 630 g/mol. The number of nitrogens with two attached hydrogens (primary N) is 2. The van der Waals surface area contributed by atoms with E-state index in [9.17, 15) is 28.8 Å². The molecule has 23 heteroatoms. The molecule has 3 saturated heterocycles. The maximum atomic E-state index is 13.4. The standard InChI is InChI=1S/C21H26N10O11P2/c22-16-12-17(25-5-24-16)30(6-26-12)11-3-9-8(39-11)1-2-43(34,35)42-15-14(32)10(4-38-44(36,37)41-9)40-20(15)31-7-27-13-18(31)28-21(23)29-19(13)33/h5-11,14-15,20,32H,1-4H2,(H,34,35)(H,36,37)(H2,22,24,25)(H3,23,28,29,33)/t8-,9+,10-,11-,14-,15-,20-/m1/s1. The first-order valence-electron chi connectivity index (χ1n) is 13.2. The summed E-state index contributed by atoms with van der Waals surface area (Å²) >= 11 is 0. The van der Waals surface area contributed by atoms with Gasteiger partial charge in [0.05, 0.1) is 37.6 Å². The molecule has 0 amide bonds. The number of nitrogen functional groups attached to an aromatic ring is 2. The molecule has 4 aromatic rings. The Morgan fingerprint density at radius 2 is 1.73 bits per heavy atom. The number of H-pyrrole nitrogens is 1. The van der Waals surface area contributed by atoms with Gasteiger partial charge in [0.25, 0.3) is 5.56 Å². The van der Waals surface area contributed by atoms with Gasteiger partial charge in [-0.1, -0.05) is 0 Å². The molecule has 0 spiro atoms. The van der Waals surface area contributed by atoms with Gasteiger partial charge in [-0.15, -0.1) is 0 Å². The van der Waals surface area contributed by atoms with Gasteiger partial charge in [0, 0.05) is 6.42 Å². The number of anilines is 2. The van der Waals surface area contributed by atoms with Gasteiger partial charge in [0.2, 0.25) is 5.95 Å². The van der Waals surface area contributed by atoms with Crippen LogP contribution >= 0.6 is 15.4 Å². The number of nitrogens with zero attached hydrogens (tertiary/aromatic N) is 7. The number of imidazole rings is 2. The third-order valence-corrected chi connectivity index (χ3v) is 9.98. The summed E-state index contributed by atoms with van der Waals surface area (Å²) in [6.07, 6.45) is -5.58. The van der Waals surface area contributed by atoms with E-state index in [-0.39, 0.29) is 35.8 Å². The van der Waals surface area contributed by atoms with Gasteiger partial charge in [-0.25, -0.2) is 24.5 Å². The Morgan fingerprint density at radius 1 is 0.955 bits per heavy atom. The molecule has 0 aliphatic carbocycles. The molecule has 2 unspecified atom stereocenters. The smallest absolute Gasteiger partial charge is 0.387 e. The molecular formula is C21H26N10O11P2. The Balaban J connectivity index is 1.19. The highest BCUT2D eigenvalue weighted by molar-refractivity contribution is 7.52. The van der Waals surface area contributed by atoms with E-state index in [1.807, 2.05) is 0 Å². The molecule has 0 saturated carbocycles. The second kappa shape index (κ2) is 10.6. The van der Waals surface area contributed by atoms with Crippen molar-refractivity contribution >= 4 is 49.5 Å². The van der Waals surface area contributed by atoms with E-state index in [4.69, 9.17) is 34.5 Å². The third kappa shape index (κ3) is 5.20. The SMILES string of the molecule is Nc1nc2c(ncn2[C@@H]2O[C@@H]3COP(=O)(O)O[C@H]4C[C@H](n5cnc6c(N)ncnc65)O[C@@H]4CCP(=O)(O)O[C@@H]2[C@@H]3O)c(=O)[nH]1. The van der Waals surface area contributed by atoms with Crippen molar-refractivity contribution < 1.29 is 47.1 Å². The van der Waals surface area contributed by atoms with Crippen LogP contribution in [0.3, 0.4) is 0 Å². The normalized spacial score (nSPS) is 36.6. The number of aromatic nitrogens is 8. The zero-order valence-corrected chi connectivity index (χ0v) is 24.2. The quantitative estimate of drug-likeness (QED) is 0.143. The number of aliphatic hydroxyl groups excluding tert-OH is 1. The summed E-state index contributed by atoms with van der Waals surface area (Å²) in [5, 5.41) is 11.0. The molecule has 236 valence electrons. The first-order chi connectivity index (χ1) is 20.9. The Labute approximate surface area is 245 Å². The van der Waals surface area contributed by atoms with E-state index in [0.717, 1.165) is 6.33 Å². The molecule has 44 heavy (non-hydrogen) atoms. The summed E-state index contributed by atoms with van der Waals surface area (Å²) in [7, 11) is -9.32. The second-order valence-electron chi connectivity index (χ2n) is 10.4. The number of rotatable bonds is 2. The summed E-state index contributed by atoms with van der Waals surface area (Å²) in [6, 6.07) is 0. The van der Waals surface area contributed by atoms with Gasteiger partial charge < -0.3 is 35.8 Å². The highest BCUT2D eigenvalue weighted by Crippen LogP contribution is 2.54. The van der Waals surface area contributed by atoms with E-state index in [0.29, 0.717) is 11.2 Å². The van der Waals surface area contributed by atoms with Gasteiger partial charge in [-0.05, 0) is 6.42 Å². The predicted molar refractivity (Wildman–Crippen MR) is 146 cm³/mol. The zero-order chi connectivity index (χ0) is 31.0. The van der Waals surface area contributed by atoms with Gasteiger partial charge in [0.1, 0.15) is 36.4 Å². The van der Waals surface area contributed by atoms with Crippen LogP contribution in [0.2, 0.25) is 0 Å². The van der Waals surface area contributed by atoms with Crippen LogP contribution < -0.4 is 17.0 Å². The van der Waals surface area contributed by atoms with Gasteiger partial charge in [-0.2, -0.15) is 4.98 Å². The highest BCUT2D eigenvalue weighted by Gasteiger charge is 2.51. The Bertz CT molecular complexity index is 1900. The van der Waals surface area contributed by atoms with Crippen molar-refractivity contribution in [3.05, 3.63) is 29.3 Å². The lowest BCUT2D eigenvalue weighted by Gasteiger charge is -2.25. The topological polar surface area (TPSA) is 300 Å². The Hall–Kier alpha value is -3.36. The van der Waals surface area contributed by atoms with Crippen LogP contribution in [-0.2, 0) is 32.2 Å². The van der Waals surface area contributed by atoms with Crippen molar-refractivity contribution in [2.24, 2.45) is 0 Å². The monoisotopic (exact) mass is 656 g/mol. The fraction of sp³-hybridized carbons (Fsp3) is 0.524. The Kier molecular flexibility index (Phi) is 7.09. The second-order valence-corrected chi connectivity index (χ2v) is 13.7. The minimum atomic E-state index is -4.81. The van der Waals surface area contributed by atoms with Gasteiger partial charge >= 0.3 is 15.4 Å². The molecule has 3 fully saturated rings. The largest absolute Gasteiger partial charge is 0.472 e. The van der Waals surface area contributed by atoms with Crippen molar-refractivity contribution in [3.8, 4) is 0 Å². The lowest BCUT2D eigenvalue weighted by molar-refractivity contribution is -0.0547. The number of aromatic amines is 1. The number of phosphoric acid groups is 1. The fourth-order valence-electron chi connectivity index (χ4n) is 5.55. The average molecular weight is 656 g/mol. The predicted octanol–water partition coefficient (Wildman–Crippen LogP) is -0.854. The molecule has 2 bridgehead atoms. The van der Waals surface area contributed by atoms with E-state index >= 15 is 0 Å². The summed E-state index contributed by atoms with van der Waals surface area (Å²) in [5.41, 5.74) is 11.4. The maximum Gasteiger partial charge on any atom is 0.472 e. The van der Waals surface area contributed by atoms with Crippen LogP contribution in [0.5, 0.6) is 0 Å². The van der Waals surface area contributed by atoms with Crippen LogP contribution in [0.15, 0.2) is 23.8 Å². The minimum Gasteiger partial charge on any atom is -0.387 e. The molecule has 7 rings (SSSR count). The molecule has 3 aliphatic heterocycles. The van der Waals surface area contributed by atoms with E-state index in [1.165, 1.54) is 17.2 Å². The van der Waals surface area contributed by atoms with Gasteiger partial charge in [-0.3, -0.25) is 37.0 Å². The van der Waals surface area contributed by atoms with E-state index in [1.54, 1.807) is 4.57 Å². The summed E-state index contributed by atoms with van der Waals surface area (Å²) in [5.74, 6) is -0.0956. The third-order valence-electron chi connectivity index (χ3n) is 7.57. The van der Waals surface area contributed by atoms with Crippen molar-refractivity contribution in [1.82, 2.24) is 39.0 Å². The first kappa shape index (κ1) is 29.4. The lowest BCUT2D eigenvalue weighted by atomic mass is 10.1. The summed E-state index contributed by atoms with van der Waals surface area (Å²) < 4.78 is 57.4. The molecule has 3 aliphatic rings. The first-order valence-corrected chi connectivity index (χ1v) is 16.5. The van der Waals surface area contributed by atoms with Crippen molar-refractivity contribution in [2.45, 2.75) is 55.8 Å². The molecule has 7 heterocycles. The fourth-order valence-corrected chi connectivity index (χ4v) is 7.80. The highest BCUT2D eigenvalue weighted by atomic mass is 31.2. The summed E-state index contributed by atoms with van der Waals surface area (Å²) in [4.78, 5) is 56.5. The summed E-state index contributed by atoms with van der Waals surface area (Å²) in [6.45, 7) is -0.687. The number of nitrogens with one attached hydrogen (secondary N) is 1. The Morgan fingerprint density at radius 3 is 2.55 bits per heavy atom. The van der Waals surface area contributed by atoms with Crippen LogP contribution in [0.4, 0.5) is 11.8 Å². The molecule has 9 atom stereocenters. The number of fused-ring (bicyclic) bond motifs is 5. The lowest BCUT2D eigenvalue weighted by Crippen LogP contribution is -2.35. The van der Waals surface area contributed by atoms with Crippen molar-refractivity contribution in [2.75, 3.05) is 24.2 Å². The van der Waals surface area contributed by atoms with E-state index < -0.39 is 76.7 Å². The molecule has 0 aromatic carbocycles. The number of phosphoric ester groups is 1. The molecule has 21 nitrogen and oxygen atoms in total. The van der Waals surface area contributed by atoms with Crippen LogP contribution in [-0.4, -0.2) is 97.2 Å². The number of ether oxygens (including phenoxy) is 2. The zero-order valence-electron chi connectivity index (χ0n) is 22.4. The number of hydrogen-bond donors (Lipinski definition) is 6. The minimum absolute atomic E-state index is 0.0146.